The van der Waals surface area contributed by atoms with Gasteiger partial charge in [0.15, 0.2) is 0 Å². The summed E-state index contributed by atoms with van der Waals surface area (Å²) in [6.07, 6.45) is 0.777. The minimum Gasteiger partial charge on any atom is -0.207 e. The molecular weight excluding hydrogens is 350 g/mol. The van der Waals surface area contributed by atoms with Gasteiger partial charge in [-0.15, -0.1) is 0 Å². The van der Waals surface area contributed by atoms with Crippen molar-refractivity contribution < 1.29 is 8.42 Å². The maximum Gasteiger partial charge on any atom is 0.243 e. The van der Waals surface area contributed by atoms with Crippen molar-refractivity contribution in [3.63, 3.8) is 0 Å². The standard InChI is InChI=1S/C16H18BrNO2S/c17-12-7-13-18(14-15-8-3-1-4-9-15)21(19,20)16-10-5-2-6-11-16/h1-6,8-11H,7,12-14H2. The Labute approximate surface area is 134 Å². The van der Waals surface area contributed by atoms with Crippen LogP contribution in [0.15, 0.2) is 65.6 Å². The first-order chi connectivity index (χ1) is 10.1. The second kappa shape index (κ2) is 7.73. The highest BCUT2D eigenvalue weighted by Crippen LogP contribution is 2.18. The van der Waals surface area contributed by atoms with Gasteiger partial charge in [-0.25, -0.2) is 8.42 Å². The molecule has 2 aromatic rings. The Bertz CT molecular complexity index is 644. The van der Waals surface area contributed by atoms with Crippen molar-refractivity contribution >= 4 is 26.0 Å². The molecule has 0 atom stereocenters. The van der Waals surface area contributed by atoms with Gasteiger partial charge in [-0.3, -0.25) is 0 Å². The second-order valence-corrected chi connectivity index (χ2v) is 7.41. The summed E-state index contributed by atoms with van der Waals surface area (Å²) in [5.41, 5.74) is 0.992. The van der Waals surface area contributed by atoms with E-state index >= 15 is 0 Å². The summed E-state index contributed by atoms with van der Waals surface area (Å²) in [5, 5.41) is 0.780. The van der Waals surface area contributed by atoms with E-state index in [-0.39, 0.29) is 0 Å². The van der Waals surface area contributed by atoms with E-state index < -0.39 is 10.0 Å². The molecule has 2 aromatic carbocycles. The zero-order chi connectivity index (χ0) is 15.1. The Balaban J connectivity index is 2.27. The lowest BCUT2D eigenvalue weighted by Crippen LogP contribution is -2.31. The van der Waals surface area contributed by atoms with Crippen molar-refractivity contribution in [2.45, 2.75) is 17.9 Å². The van der Waals surface area contributed by atoms with Crippen LogP contribution in [0.1, 0.15) is 12.0 Å². The summed E-state index contributed by atoms with van der Waals surface area (Å²) >= 11 is 3.36. The highest BCUT2D eigenvalue weighted by Gasteiger charge is 2.23. The quantitative estimate of drug-likeness (QED) is 0.700. The number of hydrogen-bond donors (Lipinski definition) is 0. The molecule has 0 N–H and O–H groups in total. The first kappa shape index (κ1) is 16.2. The third kappa shape index (κ3) is 4.40. The molecule has 0 saturated heterocycles. The van der Waals surface area contributed by atoms with Crippen molar-refractivity contribution in [3.8, 4) is 0 Å². The molecular formula is C16H18BrNO2S. The number of halogens is 1. The van der Waals surface area contributed by atoms with Gasteiger partial charge in [0.05, 0.1) is 4.90 Å². The molecule has 0 saturated carbocycles. The van der Waals surface area contributed by atoms with Crippen LogP contribution in [0.3, 0.4) is 0 Å². The Morgan fingerprint density at radius 3 is 2.05 bits per heavy atom. The SMILES string of the molecule is O=S(=O)(c1ccccc1)N(CCCBr)Cc1ccccc1. The van der Waals surface area contributed by atoms with Crippen LogP contribution in [-0.4, -0.2) is 24.6 Å². The van der Waals surface area contributed by atoms with E-state index in [1.54, 1.807) is 28.6 Å². The van der Waals surface area contributed by atoms with E-state index in [4.69, 9.17) is 0 Å². The fraction of sp³-hybridized carbons (Fsp3) is 0.250. The highest BCUT2D eigenvalue weighted by molar-refractivity contribution is 9.09. The zero-order valence-electron chi connectivity index (χ0n) is 11.7. The van der Waals surface area contributed by atoms with E-state index in [0.717, 1.165) is 17.3 Å². The number of benzene rings is 2. The van der Waals surface area contributed by atoms with Crippen molar-refractivity contribution in [2.24, 2.45) is 0 Å². The largest absolute Gasteiger partial charge is 0.243 e. The van der Waals surface area contributed by atoms with Crippen LogP contribution < -0.4 is 0 Å². The van der Waals surface area contributed by atoms with Gasteiger partial charge >= 0.3 is 0 Å². The van der Waals surface area contributed by atoms with Gasteiger partial charge in [-0.2, -0.15) is 4.31 Å². The molecule has 3 nitrogen and oxygen atoms in total. The predicted octanol–water partition coefficient (Wildman–Crippen LogP) is 3.66. The molecule has 0 unspecified atom stereocenters. The first-order valence-electron chi connectivity index (χ1n) is 6.79. The van der Waals surface area contributed by atoms with Gasteiger partial charge in [-0.05, 0) is 24.1 Å². The third-order valence-electron chi connectivity index (χ3n) is 3.12. The maximum atomic E-state index is 12.8. The van der Waals surface area contributed by atoms with E-state index in [1.165, 1.54) is 0 Å². The van der Waals surface area contributed by atoms with Gasteiger partial charge in [0.2, 0.25) is 10.0 Å². The van der Waals surface area contributed by atoms with Crippen LogP contribution in [0.25, 0.3) is 0 Å². The summed E-state index contributed by atoms with van der Waals surface area (Å²) in [6, 6.07) is 18.3. The van der Waals surface area contributed by atoms with E-state index in [0.29, 0.717) is 18.0 Å². The minimum atomic E-state index is -3.46. The summed E-state index contributed by atoms with van der Waals surface area (Å²) in [6.45, 7) is 0.891. The van der Waals surface area contributed by atoms with Gasteiger partial charge in [-0.1, -0.05) is 64.5 Å². The molecule has 5 heteroatoms. The lowest BCUT2D eigenvalue weighted by Gasteiger charge is -2.22. The van der Waals surface area contributed by atoms with E-state index in [2.05, 4.69) is 15.9 Å². The van der Waals surface area contributed by atoms with Crippen LogP contribution in [0, 0.1) is 0 Å². The smallest absolute Gasteiger partial charge is 0.207 e. The van der Waals surface area contributed by atoms with Crippen LogP contribution >= 0.6 is 15.9 Å². The monoisotopic (exact) mass is 367 g/mol. The van der Waals surface area contributed by atoms with Gasteiger partial charge < -0.3 is 0 Å². The Hall–Kier alpha value is -1.17. The Morgan fingerprint density at radius 2 is 1.48 bits per heavy atom. The summed E-state index contributed by atoms with van der Waals surface area (Å²) in [7, 11) is -3.46. The molecule has 21 heavy (non-hydrogen) atoms. The second-order valence-electron chi connectivity index (χ2n) is 4.68. The molecule has 0 heterocycles. The number of hydrogen-bond acceptors (Lipinski definition) is 2. The van der Waals surface area contributed by atoms with E-state index in [9.17, 15) is 8.42 Å². The number of sulfonamides is 1. The van der Waals surface area contributed by atoms with Crippen LogP contribution in [-0.2, 0) is 16.6 Å². The predicted molar refractivity (Wildman–Crippen MR) is 88.9 cm³/mol. The number of nitrogens with zero attached hydrogens (tertiary/aromatic N) is 1. The van der Waals surface area contributed by atoms with Crippen molar-refractivity contribution in [1.82, 2.24) is 4.31 Å². The Kier molecular flexibility index (Phi) is 5.96. The number of rotatable bonds is 7. The van der Waals surface area contributed by atoms with Crippen molar-refractivity contribution in [3.05, 3.63) is 66.2 Å². The molecule has 0 fully saturated rings. The topological polar surface area (TPSA) is 37.4 Å². The molecule has 0 aliphatic rings. The number of alkyl halides is 1. The van der Waals surface area contributed by atoms with Gasteiger partial charge in [0.25, 0.3) is 0 Å². The molecule has 0 radical (unpaired) electrons. The van der Waals surface area contributed by atoms with Crippen molar-refractivity contribution in [1.29, 1.82) is 0 Å². The lowest BCUT2D eigenvalue weighted by atomic mass is 10.2. The fourth-order valence-corrected chi connectivity index (χ4v) is 3.79. The zero-order valence-corrected chi connectivity index (χ0v) is 14.1. The average Bonchev–Trinajstić information content (AvgIpc) is 2.53. The molecule has 0 aromatic heterocycles. The van der Waals surface area contributed by atoms with Crippen molar-refractivity contribution in [2.75, 3.05) is 11.9 Å². The molecule has 2 rings (SSSR count). The molecule has 0 aliphatic heterocycles. The fourth-order valence-electron chi connectivity index (χ4n) is 2.05. The molecule has 112 valence electrons. The van der Waals surface area contributed by atoms with Crippen LogP contribution in [0.2, 0.25) is 0 Å². The lowest BCUT2D eigenvalue weighted by molar-refractivity contribution is 0.407. The molecule has 0 bridgehead atoms. The third-order valence-corrected chi connectivity index (χ3v) is 5.54. The van der Waals surface area contributed by atoms with Gasteiger partial charge in [0.1, 0.15) is 0 Å². The van der Waals surface area contributed by atoms with Crippen LogP contribution in [0.4, 0.5) is 0 Å². The molecule has 0 amide bonds. The minimum absolute atomic E-state index is 0.343. The van der Waals surface area contributed by atoms with Crippen LogP contribution in [0.5, 0.6) is 0 Å². The maximum absolute atomic E-state index is 12.8. The average molecular weight is 368 g/mol. The molecule has 0 spiro atoms. The highest BCUT2D eigenvalue weighted by atomic mass is 79.9. The normalized spacial score (nSPS) is 11.7. The first-order valence-corrected chi connectivity index (χ1v) is 9.36. The summed E-state index contributed by atoms with van der Waals surface area (Å²) in [5.74, 6) is 0. The summed E-state index contributed by atoms with van der Waals surface area (Å²) in [4.78, 5) is 0.343. The van der Waals surface area contributed by atoms with Gasteiger partial charge in [0, 0.05) is 18.4 Å². The van der Waals surface area contributed by atoms with E-state index in [1.807, 2.05) is 36.4 Å². The molecule has 0 aliphatic carbocycles. The Morgan fingerprint density at radius 1 is 0.905 bits per heavy atom. The summed E-state index contributed by atoms with van der Waals surface area (Å²) < 4.78 is 27.0.